The maximum atomic E-state index is 11.0. The van der Waals surface area contributed by atoms with Crippen molar-refractivity contribution < 1.29 is 9.90 Å². The minimum absolute atomic E-state index is 0.130. The fraction of sp³-hybridized carbons (Fsp3) is 0.308. The Labute approximate surface area is 110 Å². The molecule has 2 aromatic rings. The van der Waals surface area contributed by atoms with E-state index in [0.717, 1.165) is 24.2 Å². The molecule has 0 atom stereocenters. The van der Waals surface area contributed by atoms with Gasteiger partial charge in [-0.1, -0.05) is 18.6 Å². The number of rotatable bonds is 5. The van der Waals surface area contributed by atoms with Gasteiger partial charge in [-0.2, -0.15) is 0 Å². The molecule has 6 nitrogen and oxygen atoms in total. The summed E-state index contributed by atoms with van der Waals surface area (Å²) in [6, 6.07) is 6.81. The monoisotopic (exact) mass is 260 g/mol. The van der Waals surface area contributed by atoms with Crippen LogP contribution in [0.25, 0.3) is 5.69 Å². The quantitative estimate of drug-likeness (QED) is 0.831. The molecule has 3 N–H and O–H groups in total. The predicted octanol–water partition coefficient (Wildman–Crippen LogP) is 0.811. The van der Waals surface area contributed by atoms with Gasteiger partial charge in [-0.05, 0) is 30.7 Å². The van der Waals surface area contributed by atoms with E-state index in [9.17, 15) is 9.90 Å². The normalized spacial score (nSPS) is 10.6. The van der Waals surface area contributed by atoms with E-state index in [1.807, 2.05) is 0 Å². The van der Waals surface area contributed by atoms with Gasteiger partial charge in [-0.25, -0.2) is 4.68 Å². The van der Waals surface area contributed by atoms with Gasteiger partial charge in [0, 0.05) is 5.56 Å². The minimum Gasteiger partial charge on any atom is -0.390 e. The summed E-state index contributed by atoms with van der Waals surface area (Å²) in [5.41, 5.74) is 7.91. The Morgan fingerprint density at radius 2 is 2.05 bits per heavy atom. The van der Waals surface area contributed by atoms with Crippen molar-refractivity contribution in [1.82, 2.24) is 15.0 Å². The van der Waals surface area contributed by atoms with Crippen LogP contribution in [0.4, 0.5) is 0 Å². The van der Waals surface area contributed by atoms with Gasteiger partial charge >= 0.3 is 0 Å². The zero-order chi connectivity index (χ0) is 13.8. The third kappa shape index (κ3) is 2.63. The Morgan fingerprint density at radius 3 is 2.58 bits per heavy atom. The number of primary amides is 1. The highest BCUT2D eigenvalue weighted by molar-refractivity contribution is 5.92. The molecule has 0 saturated heterocycles. The first kappa shape index (κ1) is 13.2. The number of aromatic nitrogens is 3. The van der Waals surface area contributed by atoms with Crippen LogP contribution in [0.3, 0.4) is 0 Å². The van der Waals surface area contributed by atoms with E-state index in [-0.39, 0.29) is 6.61 Å². The van der Waals surface area contributed by atoms with E-state index in [1.54, 1.807) is 28.9 Å². The number of benzene rings is 1. The fourth-order valence-electron chi connectivity index (χ4n) is 1.92. The standard InChI is InChI=1S/C13H16N4O2/c1-2-3-12-11(8-18)15-16-17(12)10-6-4-9(5-7-10)13(14)19/h4-7,18H,2-3,8H2,1H3,(H2,14,19). The number of hydrogen-bond donors (Lipinski definition) is 2. The molecule has 2 rings (SSSR count). The highest BCUT2D eigenvalue weighted by Crippen LogP contribution is 2.15. The van der Waals surface area contributed by atoms with Crippen molar-refractivity contribution in [3.63, 3.8) is 0 Å². The SMILES string of the molecule is CCCc1c(CO)nnn1-c1ccc(C(N)=O)cc1. The van der Waals surface area contributed by atoms with Gasteiger partial charge in [-0.15, -0.1) is 5.10 Å². The van der Waals surface area contributed by atoms with Crippen LogP contribution in [-0.2, 0) is 13.0 Å². The smallest absolute Gasteiger partial charge is 0.248 e. The second-order valence-electron chi connectivity index (χ2n) is 4.21. The van der Waals surface area contributed by atoms with Crippen LogP contribution in [0.1, 0.15) is 35.1 Å². The lowest BCUT2D eigenvalue weighted by Gasteiger charge is -2.07. The number of carbonyl (C=O) groups is 1. The molecule has 19 heavy (non-hydrogen) atoms. The lowest BCUT2D eigenvalue weighted by Crippen LogP contribution is -2.11. The molecular formula is C13H16N4O2. The second kappa shape index (κ2) is 5.62. The lowest BCUT2D eigenvalue weighted by molar-refractivity contribution is 0.100. The highest BCUT2D eigenvalue weighted by atomic mass is 16.3. The number of aliphatic hydroxyl groups excluding tert-OH is 1. The molecule has 0 spiro atoms. The lowest BCUT2D eigenvalue weighted by atomic mass is 10.1. The van der Waals surface area contributed by atoms with E-state index in [1.165, 1.54) is 0 Å². The van der Waals surface area contributed by atoms with E-state index in [4.69, 9.17) is 5.73 Å². The van der Waals surface area contributed by atoms with Crippen molar-refractivity contribution >= 4 is 5.91 Å². The summed E-state index contributed by atoms with van der Waals surface area (Å²) in [6.07, 6.45) is 1.71. The highest BCUT2D eigenvalue weighted by Gasteiger charge is 2.12. The predicted molar refractivity (Wildman–Crippen MR) is 69.8 cm³/mol. The molecule has 0 bridgehead atoms. The summed E-state index contributed by atoms with van der Waals surface area (Å²) in [4.78, 5) is 11.0. The molecule has 6 heteroatoms. The number of amides is 1. The van der Waals surface area contributed by atoms with Gasteiger partial charge in [0.25, 0.3) is 0 Å². The Bertz CT molecular complexity index is 575. The van der Waals surface area contributed by atoms with Crippen LogP contribution >= 0.6 is 0 Å². The maximum Gasteiger partial charge on any atom is 0.248 e. The Hall–Kier alpha value is -2.21. The topological polar surface area (TPSA) is 94.0 Å². The molecule has 0 aliphatic carbocycles. The zero-order valence-electron chi connectivity index (χ0n) is 10.7. The molecule has 0 aliphatic rings. The average molecular weight is 260 g/mol. The van der Waals surface area contributed by atoms with Crippen molar-refractivity contribution in [1.29, 1.82) is 0 Å². The van der Waals surface area contributed by atoms with Crippen molar-refractivity contribution in [2.45, 2.75) is 26.4 Å². The Morgan fingerprint density at radius 1 is 1.37 bits per heavy atom. The van der Waals surface area contributed by atoms with Crippen LogP contribution in [0.15, 0.2) is 24.3 Å². The molecule has 0 saturated carbocycles. The van der Waals surface area contributed by atoms with Crippen LogP contribution in [0.5, 0.6) is 0 Å². The van der Waals surface area contributed by atoms with Gasteiger partial charge in [0.2, 0.25) is 5.91 Å². The number of carbonyl (C=O) groups excluding carboxylic acids is 1. The van der Waals surface area contributed by atoms with E-state index in [2.05, 4.69) is 17.2 Å². The first-order chi connectivity index (χ1) is 9.17. The first-order valence-electron chi connectivity index (χ1n) is 6.12. The van der Waals surface area contributed by atoms with E-state index in [0.29, 0.717) is 11.3 Å². The third-order valence-electron chi connectivity index (χ3n) is 2.88. The summed E-state index contributed by atoms with van der Waals surface area (Å²) in [7, 11) is 0. The summed E-state index contributed by atoms with van der Waals surface area (Å²) in [6.45, 7) is 1.92. The average Bonchev–Trinajstić information content (AvgIpc) is 2.82. The molecule has 1 heterocycles. The number of aliphatic hydroxyl groups is 1. The van der Waals surface area contributed by atoms with Crippen molar-refractivity contribution in [2.24, 2.45) is 5.73 Å². The zero-order valence-corrected chi connectivity index (χ0v) is 10.7. The molecule has 0 fully saturated rings. The Kier molecular flexibility index (Phi) is 3.91. The minimum atomic E-state index is -0.463. The number of nitrogens with zero attached hydrogens (tertiary/aromatic N) is 3. The summed E-state index contributed by atoms with van der Waals surface area (Å²) in [5.74, 6) is -0.463. The fourth-order valence-corrected chi connectivity index (χ4v) is 1.92. The largest absolute Gasteiger partial charge is 0.390 e. The van der Waals surface area contributed by atoms with Gasteiger partial charge in [-0.3, -0.25) is 4.79 Å². The van der Waals surface area contributed by atoms with E-state index >= 15 is 0 Å². The summed E-state index contributed by atoms with van der Waals surface area (Å²) < 4.78 is 1.68. The number of nitrogens with two attached hydrogens (primary N) is 1. The van der Waals surface area contributed by atoms with Crippen LogP contribution < -0.4 is 5.73 Å². The maximum absolute atomic E-state index is 11.0. The number of hydrogen-bond acceptors (Lipinski definition) is 4. The molecule has 1 aromatic heterocycles. The van der Waals surface area contributed by atoms with Gasteiger partial charge < -0.3 is 10.8 Å². The molecule has 0 radical (unpaired) electrons. The first-order valence-corrected chi connectivity index (χ1v) is 6.12. The van der Waals surface area contributed by atoms with Crippen molar-refractivity contribution in [3.05, 3.63) is 41.2 Å². The van der Waals surface area contributed by atoms with Gasteiger partial charge in [0.05, 0.1) is 18.0 Å². The van der Waals surface area contributed by atoms with Gasteiger partial charge in [0.1, 0.15) is 5.69 Å². The van der Waals surface area contributed by atoms with Crippen LogP contribution in [0, 0.1) is 0 Å². The van der Waals surface area contributed by atoms with Crippen molar-refractivity contribution in [3.8, 4) is 5.69 Å². The molecule has 1 amide bonds. The van der Waals surface area contributed by atoms with Crippen molar-refractivity contribution in [2.75, 3.05) is 0 Å². The summed E-state index contributed by atoms with van der Waals surface area (Å²) in [5, 5.41) is 17.2. The molecule has 0 unspecified atom stereocenters. The molecule has 100 valence electrons. The molecular weight excluding hydrogens is 244 g/mol. The Balaban J connectivity index is 2.40. The third-order valence-corrected chi connectivity index (χ3v) is 2.88. The van der Waals surface area contributed by atoms with E-state index < -0.39 is 5.91 Å². The molecule has 1 aromatic carbocycles. The van der Waals surface area contributed by atoms with Crippen LogP contribution in [-0.4, -0.2) is 26.0 Å². The van der Waals surface area contributed by atoms with Crippen LogP contribution in [0.2, 0.25) is 0 Å². The van der Waals surface area contributed by atoms with Gasteiger partial charge in [0.15, 0.2) is 0 Å². The summed E-state index contributed by atoms with van der Waals surface area (Å²) >= 11 is 0. The molecule has 0 aliphatic heterocycles. The second-order valence-corrected chi connectivity index (χ2v) is 4.21.